The number of amides is 1. The van der Waals surface area contributed by atoms with Gasteiger partial charge in [-0.05, 0) is 30.3 Å². The number of anilines is 1. The summed E-state index contributed by atoms with van der Waals surface area (Å²) in [6.45, 7) is -0.378. The number of hydrogen-bond donors (Lipinski definition) is 0. The Hall–Kier alpha value is -3.17. The zero-order chi connectivity index (χ0) is 19.6. The number of halogens is 2. The Labute approximate surface area is 161 Å². The molecule has 7 heteroatoms. The van der Waals surface area contributed by atoms with Gasteiger partial charge in [-0.25, -0.2) is 9.18 Å². The van der Waals surface area contributed by atoms with Crippen LogP contribution in [0.5, 0.6) is 0 Å². The molecule has 0 aromatic heterocycles. The Bertz CT molecular complexity index is 893. The lowest BCUT2D eigenvalue weighted by atomic mass is 10.2. The number of ether oxygens (including phenoxy) is 1. The Kier molecular flexibility index (Phi) is 7.53. The third kappa shape index (κ3) is 6.24. The molecule has 0 aliphatic rings. The molecule has 1 amide bonds. The van der Waals surface area contributed by atoms with E-state index in [9.17, 15) is 14.0 Å². The van der Waals surface area contributed by atoms with Crippen molar-refractivity contribution in [3.63, 3.8) is 0 Å². The first-order chi connectivity index (χ1) is 13.0. The summed E-state index contributed by atoms with van der Waals surface area (Å²) in [4.78, 5) is 25.5. The van der Waals surface area contributed by atoms with E-state index in [0.29, 0.717) is 10.7 Å². The van der Waals surface area contributed by atoms with E-state index in [1.54, 1.807) is 30.3 Å². The Morgan fingerprint density at radius 3 is 2.70 bits per heavy atom. The van der Waals surface area contributed by atoms with Crippen molar-refractivity contribution in [2.75, 3.05) is 18.1 Å². The number of hydrogen-bond acceptors (Lipinski definition) is 4. The summed E-state index contributed by atoms with van der Waals surface area (Å²) in [6.07, 6.45) is 2.43. The zero-order valence-electron chi connectivity index (χ0n) is 14.3. The fourth-order valence-corrected chi connectivity index (χ4v) is 2.42. The number of carbonyl (C=O) groups excluding carboxylic acids is 2. The van der Waals surface area contributed by atoms with Gasteiger partial charge in [0.15, 0.2) is 6.61 Å². The number of nitriles is 1. The molecular formula is C20H16ClFN2O3. The highest BCUT2D eigenvalue weighted by molar-refractivity contribution is 6.30. The minimum atomic E-state index is -0.780. The monoisotopic (exact) mass is 386 g/mol. The third-order valence-electron chi connectivity index (χ3n) is 3.51. The highest BCUT2D eigenvalue weighted by Gasteiger charge is 2.17. The molecule has 0 radical (unpaired) electrons. The molecule has 0 aliphatic carbocycles. The van der Waals surface area contributed by atoms with Crippen LogP contribution in [0.25, 0.3) is 6.08 Å². The van der Waals surface area contributed by atoms with E-state index >= 15 is 0 Å². The molecule has 0 aliphatic heterocycles. The van der Waals surface area contributed by atoms with Gasteiger partial charge in [0, 0.05) is 28.9 Å². The van der Waals surface area contributed by atoms with Gasteiger partial charge in [0.2, 0.25) is 0 Å². The molecule has 0 saturated carbocycles. The summed E-state index contributed by atoms with van der Waals surface area (Å²) < 4.78 is 18.4. The lowest BCUT2D eigenvalue weighted by Gasteiger charge is -2.21. The fourth-order valence-electron chi connectivity index (χ4n) is 2.23. The van der Waals surface area contributed by atoms with Crippen LogP contribution in [0.15, 0.2) is 54.6 Å². The molecule has 138 valence electrons. The second kappa shape index (κ2) is 10.1. The van der Waals surface area contributed by atoms with E-state index in [1.165, 1.54) is 29.2 Å². The zero-order valence-corrected chi connectivity index (χ0v) is 15.0. The van der Waals surface area contributed by atoms with Crippen molar-refractivity contribution in [1.82, 2.24) is 0 Å². The number of rotatable bonds is 7. The minimum Gasteiger partial charge on any atom is -0.452 e. The molecule has 0 unspecified atom stereocenters. The van der Waals surface area contributed by atoms with E-state index in [4.69, 9.17) is 21.6 Å². The first kappa shape index (κ1) is 20.1. The van der Waals surface area contributed by atoms with Crippen molar-refractivity contribution in [1.29, 1.82) is 5.26 Å². The molecule has 0 fully saturated rings. The molecule has 5 nitrogen and oxygen atoms in total. The summed E-state index contributed by atoms with van der Waals surface area (Å²) >= 11 is 5.94. The lowest BCUT2D eigenvalue weighted by molar-refractivity contribution is -0.142. The van der Waals surface area contributed by atoms with Crippen LogP contribution in [0.1, 0.15) is 12.0 Å². The van der Waals surface area contributed by atoms with Crippen LogP contribution < -0.4 is 4.90 Å². The molecule has 0 spiro atoms. The summed E-state index contributed by atoms with van der Waals surface area (Å²) in [5.74, 6) is -1.75. The molecule has 27 heavy (non-hydrogen) atoms. The van der Waals surface area contributed by atoms with Gasteiger partial charge in [-0.15, -0.1) is 0 Å². The fraction of sp³-hybridized carbons (Fsp3) is 0.150. The highest BCUT2D eigenvalue weighted by Crippen LogP contribution is 2.20. The second-order valence-electron chi connectivity index (χ2n) is 5.40. The van der Waals surface area contributed by atoms with Gasteiger partial charge in [-0.2, -0.15) is 5.26 Å². The van der Waals surface area contributed by atoms with Crippen LogP contribution in [0.3, 0.4) is 0 Å². The summed E-state index contributed by atoms with van der Waals surface area (Å²) in [6, 6.07) is 14.5. The van der Waals surface area contributed by atoms with Gasteiger partial charge < -0.3 is 9.64 Å². The maximum Gasteiger partial charge on any atom is 0.331 e. The van der Waals surface area contributed by atoms with Crippen LogP contribution >= 0.6 is 11.6 Å². The standard InChI is InChI=1S/C20H16ClFN2O3/c21-16-6-3-7-17(13-16)24(12-4-11-23)19(25)14-27-20(26)10-9-15-5-1-2-8-18(15)22/h1-3,5-10,13H,4,12,14H2/b10-9+. The van der Waals surface area contributed by atoms with Gasteiger partial charge in [0.1, 0.15) is 5.82 Å². The molecule has 0 bridgehead atoms. The number of benzene rings is 2. The molecule has 0 N–H and O–H groups in total. The summed E-state index contributed by atoms with van der Waals surface area (Å²) in [7, 11) is 0. The largest absolute Gasteiger partial charge is 0.452 e. The van der Waals surface area contributed by atoms with Crippen LogP contribution in [-0.2, 0) is 14.3 Å². The van der Waals surface area contributed by atoms with E-state index in [2.05, 4.69) is 0 Å². The van der Waals surface area contributed by atoms with E-state index in [1.807, 2.05) is 6.07 Å². The van der Waals surface area contributed by atoms with E-state index in [-0.39, 0.29) is 18.5 Å². The van der Waals surface area contributed by atoms with E-state index < -0.39 is 24.3 Å². The smallest absolute Gasteiger partial charge is 0.331 e. The van der Waals surface area contributed by atoms with Crippen molar-refractivity contribution >= 4 is 35.2 Å². The van der Waals surface area contributed by atoms with Gasteiger partial charge in [-0.1, -0.05) is 35.9 Å². The number of carbonyl (C=O) groups is 2. The Morgan fingerprint density at radius 1 is 1.22 bits per heavy atom. The second-order valence-corrected chi connectivity index (χ2v) is 5.83. The van der Waals surface area contributed by atoms with Crippen LogP contribution in [0, 0.1) is 17.1 Å². The van der Waals surface area contributed by atoms with Crippen LogP contribution in [-0.4, -0.2) is 25.0 Å². The quantitative estimate of drug-likeness (QED) is 0.533. The van der Waals surface area contributed by atoms with Crippen LogP contribution in [0.4, 0.5) is 10.1 Å². The van der Waals surface area contributed by atoms with E-state index in [0.717, 1.165) is 6.08 Å². The average molecular weight is 387 g/mol. The first-order valence-corrected chi connectivity index (χ1v) is 8.41. The number of esters is 1. The summed E-state index contributed by atoms with van der Waals surface area (Å²) in [5.41, 5.74) is 0.732. The van der Waals surface area contributed by atoms with Gasteiger partial charge in [0.25, 0.3) is 5.91 Å². The number of nitrogens with zero attached hydrogens (tertiary/aromatic N) is 2. The van der Waals surface area contributed by atoms with Crippen molar-refractivity contribution < 1.29 is 18.7 Å². The van der Waals surface area contributed by atoms with Crippen molar-refractivity contribution in [3.05, 3.63) is 71.0 Å². The molecule has 0 heterocycles. The maximum absolute atomic E-state index is 13.5. The summed E-state index contributed by atoms with van der Waals surface area (Å²) in [5, 5.41) is 9.22. The Balaban J connectivity index is 1.99. The molecule has 0 saturated heterocycles. The molecule has 0 atom stereocenters. The van der Waals surface area contributed by atoms with Crippen LogP contribution in [0.2, 0.25) is 5.02 Å². The molecule has 2 rings (SSSR count). The predicted molar refractivity (Wildman–Crippen MR) is 100 cm³/mol. The van der Waals surface area contributed by atoms with Crippen molar-refractivity contribution in [3.8, 4) is 6.07 Å². The van der Waals surface area contributed by atoms with Gasteiger partial charge in [0.05, 0.1) is 12.5 Å². The minimum absolute atomic E-state index is 0.111. The normalized spacial score (nSPS) is 10.4. The molecule has 2 aromatic rings. The topological polar surface area (TPSA) is 70.4 Å². The molecule has 2 aromatic carbocycles. The van der Waals surface area contributed by atoms with Gasteiger partial charge in [-0.3, -0.25) is 4.79 Å². The third-order valence-corrected chi connectivity index (χ3v) is 3.75. The predicted octanol–water partition coefficient (Wildman–Crippen LogP) is 3.98. The van der Waals surface area contributed by atoms with Gasteiger partial charge >= 0.3 is 5.97 Å². The maximum atomic E-state index is 13.5. The lowest BCUT2D eigenvalue weighted by Crippen LogP contribution is -2.35. The Morgan fingerprint density at radius 2 is 2.00 bits per heavy atom. The average Bonchev–Trinajstić information content (AvgIpc) is 2.66. The molecular weight excluding hydrogens is 371 g/mol. The highest BCUT2D eigenvalue weighted by atomic mass is 35.5. The van der Waals surface area contributed by atoms with Crippen molar-refractivity contribution in [2.45, 2.75) is 6.42 Å². The van der Waals surface area contributed by atoms with Crippen molar-refractivity contribution in [2.24, 2.45) is 0 Å². The SMILES string of the molecule is N#CCCN(C(=O)COC(=O)/C=C/c1ccccc1F)c1cccc(Cl)c1. The first-order valence-electron chi connectivity index (χ1n) is 8.03.